The van der Waals surface area contributed by atoms with E-state index in [1.54, 1.807) is 18.2 Å². The molecule has 0 saturated carbocycles. The van der Waals surface area contributed by atoms with Crippen LogP contribution < -0.4 is 5.43 Å². The molecule has 1 aromatic heterocycles. The molecule has 0 spiro atoms. The standard InChI is InChI=1S/C9H5IN2O3/c10-5-3-1-2-4-6(5)11-12-7(8(4)13)9(14)15/h1-3H,(H,11,13)(H,14,15). The number of halogens is 1. The lowest BCUT2D eigenvalue weighted by atomic mass is 10.2. The number of carbonyl (C=O) groups is 1. The Morgan fingerprint density at radius 3 is 2.87 bits per heavy atom. The first kappa shape index (κ1) is 10.1. The monoisotopic (exact) mass is 316 g/mol. The number of aromatic amines is 1. The van der Waals surface area contributed by atoms with Crippen molar-refractivity contribution in [3.8, 4) is 0 Å². The summed E-state index contributed by atoms with van der Waals surface area (Å²) < 4.78 is 0.826. The number of carboxylic acids is 1. The molecule has 0 aliphatic heterocycles. The number of aromatic nitrogens is 2. The molecule has 0 amide bonds. The van der Waals surface area contributed by atoms with Crippen molar-refractivity contribution in [2.75, 3.05) is 0 Å². The number of H-pyrrole nitrogens is 1. The predicted molar refractivity (Wildman–Crippen MR) is 62.0 cm³/mol. The van der Waals surface area contributed by atoms with Gasteiger partial charge in [0, 0.05) is 3.57 Å². The van der Waals surface area contributed by atoms with Crippen LogP contribution in [-0.2, 0) is 0 Å². The molecule has 1 heterocycles. The second kappa shape index (κ2) is 3.61. The Bertz CT molecular complexity index is 606. The maximum Gasteiger partial charge on any atom is 0.360 e. The van der Waals surface area contributed by atoms with E-state index in [9.17, 15) is 9.59 Å². The Morgan fingerprint density at radius 1 is 1.47 bits per heavy atom. The Balaban J connectivity index is 2.92. The van der Waals surface area contributed by atoms with Crippen LogP contribution in [-0.4, -0.2) is 21.3 Å². The minimum Gasteiger partial charge on any atom is -0.476 e. The first-order valence-corrected chi connectivity index (χ1v) is 5.09. The minimum absolute atomic E-state index is 0.342. The van der Waals surface area contributed by atoms with E-state index < -0.39 is 17.1 Å². The van der Waals surface area contributed by atoms with Crippen LogP contribution >= 0.6 is 22.6 Å². The van der Waals surface area contributed by atoms with Gasteiger partial charge in [-0.05, 0) is 34.7 Å². The third-order valence-electron chi connectivity index (χ3n) is 1.96. The molecule has 0 aliphatic carbocycles. The Labute approximate surface area is 97.3 Å². The van der Waals surface area contributed by atoms with Gasteiger partial charge in [0.15, 0.2) is 0 Å². The van der Waals surface area contributed by atoms with Gasteiger partial charge in [0.1, 0.15) is 0 Å². The van der Waals surface area contributed by atoms with Crippen LogP contribution in [0.15, 0.2) is 23.0 Å². The molecule has 2 aromatic rings. The van der Waals surface area contributed by atoms with Crippen molar-refractivity contribution in [3.63, 3.8) is 0 Å². The minimum atomic E-state index is -1.32. The molecule has 1 aromatic carbocycles. The average molecular weight is 316 g/mol. The lowest BCUT2D eigenvalue weighted by Gasteiger charge is -2.00. The van der Waals surface area contributed by atoms with Gasteiger partial charge in [0.25, 0.3) is 0 Å². The highest BCUT2D eigenvalue weighted by atomic mass is 127. The van der Waals surface area contributed by atoms with Gasteiger partial charge >= 0.3 is 5.97 Å². The fourth-order valence-corrected chi connectivity index (χ4v) is 1.88. The van der Waals surface area contributed by atoms with Crippen LogP contribution in [0.25, 0.3) is 10.9 Å². The first-order chi connectivity index (χ1) is 7.11. The zero-order valence-electron chi connectivity index (χ0n) is 7.32. The Morgan fingerprint density at radius 2 is 2.20 bits per heavy atom. The molecule has 0 fully saturated rings. The molecule has 2 N–H and O–H groups in total. The van der Waals surface area contributed by atoms with E-state index in [0.29, 0.717) is 10.9 Å². The second-order valence-electron chi connectivity index (χ2n) is 2.87. The number of carboxylic acid groups (broad SMARTS) is 1. The van der Waals surface area contributed by atoms with Gasteiger partial charge in [-0.3, -0.25) is 9.89 Å². The number of nitrogens with one attached hydrogen (secondary N) is 1. The zero-order valence-corrected chi connectivity index (χ0v) is 9.48. The highest BCUT2D eigenvalue weighted by molar-refractivity contribution is 14.1. The van der Waals surface area contributed by atoms with Gasteiger partial charge in [-0.2, -0.15) is 5.10 Å². The summed E-state index contributed by atoms with van der Waals surface area (Å²) in [7, 11) is 0. The summed E-state index contributed by atoms with van der Waals surface area (Å²) in [4.78, 5) is 22.3. The van der Waals surface area contributed by atoms with Crippen LogP contribution in [0.3, 0.4) is 0 Å². The highest BCUT2D eigenvalue weighted by Crippen LogP contribution is 2.14. The largest absolute Gasteiger partial charge is 0.476 e. The maximum absolute atomic E-state index is 11.7. The Hall–Kier alpha value is -1.44. The number of fused-ring (bicyclic) bond motifs is 1. The lowest BCUT2D eigenvalue weighted by molar-refractivity contribution is 0.0688. The molecule has 0 aliphatic rings. The van der Waals surface area contributed by atoms with E-state index in [2.05, 4.69) is 10.2 Å². The highest BCUT2D eigenvalue weighted by Gasteiger charge is 2.13. The van der Waals surface area contributed by atoms with Crippen molar-refractivity contribution >= 4 is 39.5 Å². The van der Waals surface area contributed by atoms with Crippen molar-refractivity contribution in [1.29, 1.82) is 0 Å². The summed E-state index contributed by atoms with van der Waals surface area (Å²) in [5.74, 6) is -1.32. The fraction of sp³-hybridized carbons (Fsp3) is 0. The van der Waals surface area contributed by atoms with Gasteiger partial charge in [-0.15, -0.1) is 0 Å². The summed E-state index contributed by atoms with van der Waals surface area (Å²) in [6, 6.07) is 5.08. The molecule has 0 unspecified atom stereocenters. The molecular weight excluding hydrogens is 311 g/mol. The maximum atomic E-state index is 11.7. The van der Waals surface area contributed by atoms with Gasteiger partial charge in [-0.25, -0.2) is 4.79 Å². The van der Waals surface area contributed by atoms with E-state index in [0.717, 1.165) is 3.57 Å². The molecule has 5 nitrogen and oxygen atoms in total. The van der Waals surface area contributed by atoms with Crippen LogP contribution in [0, 0.1) is 3.57 Å². The molecule has 0 bridgehead atoms. The number of benzene rings is 1. The van der Waals surface area contributed by atoms with E-state index in [4.69, 9.17) is 5.11 Å². The van der Waals surface area contributed by atoms with Crippen molar-refractivity contribution in [2.45, 2.75) is 0 Å². The first-order valence-electron chi connectivity index (χ1n) is 4.01. The summed E-state index contributed by atoms with van der Waals surface area (Å²) in [6.45, 7) is 0. The molecular formula is C9H5IN2O3. The van der Waals surface area contributed by atoms with E-state index in [-0.39, 0.29) is 0 Å². The van der Waals surface area contributed by atoms with Crippen LogP contribution in [0.2, 0.25) is 0 Å². The third kappa shape index (κ3) is 1.60. The molecule has 0 saturated heterocycles. The second-order valence-corrected chi connectivity index (χ2v) is 4.03. The van der Waals surface area contributed by atoms with E-state index >= 15 is 0 Å². The number of hydrogen-bond donors (Lipinski definition) is 2. The summed E-state index contributed by atoms with van der Waals surface area (Å²) in [5, 5.41) is 15.1. The molecule has 15 heavy (non-hydrogen) atoms. The summed E-state index contributed by atoms with van der Waals surface area (Å²) in [6.07, 6.45) is 0. The van der Waals surface area contributed by atoms with E-state index in [1.165, 1.54) is 0 Å². The molecule has 0 atom stereocenters. The quantitative estimate of drug-likeness (QED) is 0.775. The lowest BCUT2D eigenvalue weighted by Crippen LogP contribution is -2.18. The fourth-order valence-electron chi connectivity index (χ4n) is 1.26. The number of aromatic carboxylic acids is 1. The molecule has 0 radical (unpaired) electrons. The number of hydrogen-bond acceptors (Lipinski definition) is 3. The van der Waals surface area contributed by atoms with Gasteiger partial charge in [-0.1, -0.05) is 6.07 Å². The third-order valence-corrected chi connectivity index (χ3v) is 2.85. The van der Waals surface area contributed by atoms with E-state index in [1.807, 2.05) is 22.6 Å². The molecule has 76 valence electrons. The van der Waals surface area contributed by atoms with Crippen molar-refractivity contribution < 1.29 is 9.90 Å². The Kier molecular flexibility index (Phi) is 2.43. The van der Waals surface area contributed by atoms with Crippen LogP contribution in [0.4, 0.5) is 0 Å². The van der Waals surface area contributed by atoms with Gasteiger partial charge < -0.3 is 5.11 Å². The van der Waals surface area contributed by atoms with Gasteiger partial charge in [0.05, 0.1) is 10.9 Å². The summed E-state index contributed by atoms with van der Waals surface area (Å²) in [5.41, 5.74) is -0.479. The topological polar surface area (TPSA) is 83.0 Å². The SMILES string of the molecule is O=C(O)c1n[nH]c2c(I)cccc2c1=O. The number of para-hydroxylation sites is 1. The van der Waals surface area contributed by atoms with Crippen molar-refractivity contribution in [3.05, 3.63) is 37.7 Å². The van der Waals surface area contributed by atoms with Crippen molar-refractivity contribution in [1.82, 2.24) is 10.2 Å². The molecule has 2 rings (SSSR count). The smallest absolute Gasteiger partial charge is 0.360 e. The number of rotatable bonds is 1. The average Bonchev–Trinajstić information content (AvgIpc) is 2.19. The number of nitrogens with zero attached hydrogens (tertiary/aromatic N) is 1. The summed E-state index contributed by atoms with van der Waals surface area (Å²) >= 11 is 2.05. The zero-order chi connectivity index (χ0) is 11.0. The van der Waals surface area contributed by atoms with Gasteiger partial charge in [0.2, 0.25) is 11.1 Å². The normalized spacial score (nSPS) is 10.5. The molecule has 6 heteroatoms. The predicted octanol–water partition coefficient (Wildman–Crippen LogP) is 1.23. The van der Waals surface area contributed by atoms with Crippen LogP contribution in [0.1, 0.15) is 10.5 Å². The van der Waals surface area contributed by atoms with Crippen molar-refractivity contribution in [2.24, 2.45) is 0 Å². The van der Waals surface area contributed by atoms with Crippen LogP contribution in [0.5, 0.6) is 0 Å².